The van der Waals surface area contributed by atoms with Crippen molar-refractivity contribution in [3.63, 3.8) is 0 Å². The van der Waals surface area contributed by atoms with Gasteiger partial charge in [0.1, 0.15) is 0 Å². The van der Waals surface area contributed by atoms with Gasteiger partial charge >= 0.3 is 0 Å². The lowest BCUT2D eigenvalue weighted by molar-refractivity contribution is 0.795. The molecule has 2 heterocycles. The molecule has 0 unspecified atom stereocenters. The quantitative estimate of drug-likeness (QED) is 0.642. The first kappa shape index (κ1) is 8.38. The normalized spacial score (nSPS) is 11.3. The average molecular weight is 198 g/mol. The molecular weight excluding hydrogens is 188 g/mol. The summed E-state index contributed by atoms with van der Waals surface area (Å²) < 4.78 is 1.79. The fourth-order valence-corrected chi connectivity index (χ4v) is 1.87. The van der Waals surface area contributed by atoms with Crippen LogP contribution in [0.5, 0.6) is 0 Å². The van der Waals surface area contributed by atoms with Gasteiger partial charge in [0.2, 0.25) is 0 Å². The molecule has 0 spiro atoms. The van der Waals surface area contributed by atoms with Crippen molar-refractivity contribution in [2.24, 2.45) is 5.73 Å². The largest absolute Gasteiger partial charge is 0.325 e. The van der Waals surface area contributed by atoms with Crippen molar-refractivity contribution in [3.8, 4) is 0 Å². The van der Waals surface area contributed by atoms with E-state index in [-0.39, 0.29) is 0 Å². The van der Waals surface area contributed by atoms with E-state index < -0.39 is 0 Å². The Morgan fingerprint density at radius 3 is 3.00 bits per heavy atom. The molecule has 0 fully saturated rings. The van der Waals surface area contributed by atoms with Crippen LogP contribution in [0.4, 0.5) is 0 Å². The van der Waals surface area contributed by atoms with Crippen molar-refractivity contribution in [1.29, 1.82) is 0 Å². The van der Waals surface area contributed by atoms with Gasteiger partial charge in [0.15, 0.2) is 0 Å². The lowest BCUT2D eigenvalue weighted by Crippen LogP contribution is -2.05. The summed E-state index contributed by atoms with van der Waals surface area (Å²) in [6, 6.07) is 10.2. The number of hydrogen-bond donors (Lipinski definition) is 1. The summed E-state index contributed by atoms with van der Waals surface area (Å²) in [6.07, 6.45) is 1.77. The van der Waals surface area contributed by atoms with Gasteiger partial charge in [0.05, 0.1) is 17.4 Å². The molecule has 2 aromatic heterocycles. The van der Waals surface area contributed by atoms with E-state index in [1.54, 1.807) is 10.7 Å². The van der Waals surface area contributed by atoms with Crippen LogP contribution in [0.15, 0.2) is 36.5 Å². The summed E-state index contributed by atoms with van der Waals surface area (Å²) in [6.45, 7) is 0.463. The molecule has 0 saturated carbocycles. The van der Waals surface area contributed by atoms with Gasteiger partial charge in [0, 0.05) is 11.9 Å². The predicted molar refractivity (Wildman–Crippen MR) is 58.4 cm³/mol. The molecule has 0 aliphatic rings. The summed E-state index contributed by atoms with van der Waals surface area (Å²) >= 11 is 0. The molecule has 3 rings (SSSR count). The fraction of sp³-hybridized carbons (Fsp3) is 0.0909. The molecule has 4 heteroatoms. The maximum Gasteiger partial charge on any atom is 0.0947 e. The highest BCUT2D eigenvalue weighted by atomic mass is 15.4. The number of nitrogens with two attached hydrogens (primary N) is 1. The lowest BCUT2D eigenvalue weighted by atomic mass is 10.1. The zero-order chi connectivity index (χ0) is 10.3. The van der Waals surface area contributed by atoms with Gasteiger partial charge in [-0.15, -0.1) is 5.10 Å². The van der Waals surface area contributed by atoms with Crippen LogP contribution < -0.4 is 5.73 Å². The molecule has 15 heavy (non-hydrogen) atoms. The molecule has 0 aliphatic carbocycles. The van der Waals surface area contributed by atoms with Crippen molar-refractivity contribution in [2.45, 2.75) is 6.54 Å². The second-order valence-electron chi connectivity index (χ2n) is 3.46. The molecular formula is C11H10N4. The van der Waals surface area contributed by atoms with Crippen LogP contribution in [-0.2, 0) is 6.54 Å². The highest BCUT2D eigenvalue weighted by Crippen LogP contribution is 2.20. The third kappa shape index (κ3) is 1.12. The Labute approximate surface area is 86.3 Å². The summed E-state index contributed by atoms with van der Waals surface area (Å²) in [7, 11) is 0. The zero-order valence-electron chi connectivity index (χ0n) is 8.09. The minimum Gasteiger partial charge on any atom is -0.325 e. The smallest absolute Gasteiger partial charge is 0.0947 e. The minimum atomic E-state index is 0.463. The van der Waals surface area contributed by atoms with Gasteiger partial charge in [-0.05, 0) is 11.5 Å². The Bertz CT molecular complexity index is 627. The van der Waals surface area contributed by atoms with Gasteiger partial charge in [-0.25, -0.2) is 4.52 Å². The van der Waals surface area contributed by atoms with Gasteiger partial charge in [0.25, 0.3) is 0 Å². The van der Waals surface area contributed by atoms with E-state index in [2.05, 4.69) is 28.5 Å². The fourth-order valence-electron chi connectivity index (χ4n) is 1.87. The number of nitrogens with zero attached hydrogens (tertiary/aromatic N) is 3. The van der Waals surface area contributed by atoms with E-state index in [1.807, 2.05) is 12.1 Å². The van der Waals surface area contributed by atoms with E-state index in [0.717, 1.165) is 16.6 Å². The number of benzene rings is 1. The van der Waals surface area contributed by atoms with Gasteiger partial charge in [-0.2, -0.15) is 0 Å². The van der Waals surface area contributed by atoms with E-state index in [0.29, 0.717) is 6.54 Å². The number of rotatable bonds is 1. The minimum absolute atomic E-state index is 0.463. The lowest BCUT2D eigenvalue weighted by Gasteiger charge is -2.04. The van der Waals surface area contributed by atoms with Crippen molar-refractivity contribution in [2.75, 3.05) is 0 Å². The number of fused-ring (bicyclic) bond motifs is 3. The number of hydrogen-bond acceptors (Lipinski definition) is 3. The second kappa shape index (κ2) is 3.03. The molecule has 3 aromatic rings. The van der Waals surface area contributed by atoms with E-state index in [9.17, 15) is 0 Å². The van der Waals surface area contributed by atoms with Crippen molar-refractivity contribution >= 4 is 16.3 Å². The van der Waals surface area contributed by atoms with Gasteiger partial charge in [-0.3, -0.25) is 0 Å². The van der Waals surface area contributed by atoms with Crippen LogP contribution >= 0.6 is 0 Å². The third-order valence-electron chi connectivity index (χ3n) is 2.59. The number of pyridine rings is 1. The second-order valence-corrected chi connectivity index (χ2v) is 3.46. The van der Waals surface area contributed by atoms with Crippen LogP contribution in [-0.4, -0.2) is 14.8 Å². The Morgan fingerprint density at radius 1 is 1.27 bits per heavy atom. The molecule has 0 radical (unpaired) electrons. The maximum atomic E-state index is 5.68. The van der Waals surface area contributed by atoms with E-state index in [1.165, 1.54) is 5.39 Å². The summed E-state index contributed by atoms with van der Waals surface area (Å²) in [5.74, 6) is 0. The average Bonchev–Trinajstić information content (AvgIpc) is 2.77. The van der Waals surface area contributed by atoms with Gasteiger partial charge in [-0.1, -0.05) is 29.5 Å². The predicted octanol–water partition coefficient (Wildman–Crippen LogP) is 1.34. The number of aromatic nitrogens is 3. The molecule has 1 aromatic carbocycles. The van der Waals surface area contributed by atoms with E-state index >= 15 is 0 Å². The standard InChI is InChI=1S/C11H10N4/c12-6-9-5-8-3-1-2-4-10(8)11-7-13-14-15(9)11/h1-5,7H,6,12H2. The van der Waals surface area contributed by atoms with E-state index in [4.69, 9.17) is 5.73 Å². The molecule has 2 N–H and O–H groups in total. The zero-order valence-corrected chi connectivity index (χ0v) is 8.09. The first-order chi connectivity index (χ1) is 7.40. The topological polar surface area (TPSA) is 56.2 Å². The summed E-state index contributed by atoms with van der Waals surface area (Å²) in [5.41, 5.74) is 7.66. The molecule has 0 amide bonds. The molecule has 74 valence electrons. The summed E-state index contributed by atoms with van der Waals surface area (Å²) in [5, 5.41) is 10.3. The molecule has 0 atom stereocenters. The Hall–Kier alpha value is -1.94. The molecule has 0 bridgehead atoms. The third-order valence-corrected chi connectivity index (χ3v) is 2.59. The molecule has 0 saturated heterocycles. The molecule has 4 nitrogen and oxygen atoms in total. The van der Waals surface area contributed by atoms with Crippen molar-refractivity contribution in [3.05, 3.63) is 42.2 Å². The Morgan fingerprint density at radius 2 is 2.13 bits per heavy atom. The van der Waals surface area contributed by atoms with Crippen molar-refractivity contribution < 1.29 is 0 Å². The van der Waals surface area contributed by atoms with Crippen LogP contribution in [0.1, 0.15) is 5.69 Å². The summed E-state index contributed by atoms with van der Waals surface area (Å²) in [4.78, 5) is 0. The monoisotopic (exact) mass is 198 g/mol. The Kier molecular flexibility index (Phi) is 1.69. The first-order valence-electron chi connectivity index (χ1n) is 4.81. The maximum absolute atomic E-state index is 5.68. The van der Waals surface area contributed by atoms with Gasteiger partial charge < -0.3 is 5.73 Å². The SMILES string of the molecule is NCc1cc2ccccc2c2cnnn12. The van der Waals surface area contributed by atoms with Crippen LogP contribution in [0, 0.1) is 0 Å². The first-order valence-corrected chi connectivity index (χ1v) is 4.81. The molecule has 0 aliphatic heterocycles. The highest BCUT2D eigenvalue weighted by molar-refractivity contribution is 5.95. The Balaban J connectivity index is 2.57. The van der Waals surface area contributed by atoms with Crippen LogP contribution in [0.2, 0.25) is 0 Å². The van der Waals surface area contributed by atoms with Crippen molar-refractivity contribution in [1.82, 2.24) is 14.8 Å². The van der Waals surface area contributed by atoms with Crippen LogP contribution in [0.3, 0.4) is 0 Å². The highest BCUT2D eigenvalue weighted by Gasteiger charge is 2.05. The van der Waals surface area contributed by atoms with Crippen LogP contribution in [0.25, 0.3) is 16.3 Å².